The third kappa shape index (κ3) is 4.38. The van der Waals surface area contributed by atoms with Crippen LogP contribution in [0.15, 0.2) is 48.5 Å². The number of nitrogens with one attached hydrogen (secondary N) is 1. The molecule has 148 valence electrons. The third-order valence-corrected chi connectivity index (χ3v) is 6.08. The Morgan fingerprint density at radius 3 is 2.50 bits per heavy atom. The molecular formula is C22H25FN2O2S. The van der Waals surface area contributed by atoms with Gasteiger partial charge in [0.05, 0.1) is 0 Å². The van der Waals surface area contributed by atoms with Gasteiger partial charge in [0.2, 0.25) is 5.91 Å². The van der Waals surface area contributed by atoms with Crippen LogP contribution in [0.4, 0.5) is 4.39 Å². The topological polar surface area (TPSA) is 49.4 Å². The van der Waals surface area contributed by atoms with Crippen LogP contribution in [0.1, 0.15) is 40.7 Å². The standard InChI is InChI=1S/C22H25FN2O2S/c1-14(2)12-24-20(26)19-13-28-22(16-8-10-17(23)11-9-16)25(19)21(27)18-7-5-4-6-15(18)3/h4-11,14,19,22H,12-13H2,1-3H3,(H,24,26). The number of rotatable bonds is 5. The number of aryl methyl sites for hydroxylation is 1. The van der Waals surface area contributed by atoms with Gasteiger partial charge in [-0.1, -0.05) is 44.2 Å². The molecule has 1 N–H and O–H groups in total. The van der Waals surface area contributed by atoms with Crippen LogP contribution in [0.25, 0.3) is 0 Å². The van der Waals surface area contributed by atoms with E-state index in [1.807, 2.05) is 39.0 Å². The molecule has 0 bridgehead atoms. The van der Waals surface area contributed by atoms with E-state index in [9.17, 15) is 14.0 Å². The predicted octanol–water partition coefficient (Wildman–Crippen LogP) is 4.16. The van der Waals surface area contributed by atoms with Crippen molar-refractivity contribution in [3.63, 3.8) is 0 Å². The second-order valence-electron chi connectivity index (χ2n) is 7.42. The largest absolute Gasteiger partial charge is 0.354 e. The molecule has 0 aromatic heterocycles. The zero-order valence-electron chi connectivity index (χ0n) is 16.3. The predicted molar refractivity (Wildman–Crippen MR) is 111 cm³/mol. The fourth-order valence-electron chi connectivity index (χ4n) is 3.22. The summed E-state index contributed by atoms with van der Waals surface area (Å²) >= 11 is 1.53. The second kappa shape index (κ2) is 8.78. The molecule has 4 nitrogen and oxygen atoms in total. The molecule has 2 unspecified atom stereocenters. The van der Waals surface area contributed by atoms with Crippen molar-refractivity contribution >= 4 is 23.6 Å². The molecule has 6 heteroatoms. The molecule has 0 saturated carbocycles. The van der Waals surface area contributed by atoms with Crippen LogP contribution in [0.5, 0.6) is 0 Å². The fraction of sp³-hybridized carbons (Fsp3) is 0.364. The number of hydrogen-bond acceptors (Lipinski definition) is 3. The molecule has 2 amide bonds. The molecule has 3 rings (SSSR count). The monoisotopic (exact) mass is 400 g/mol. The van der Waals surface area contributed by atoms with Gasteiger partial charge >= 0.3 is 0 Å². The molecule has 1 saturated heterocycles. The SMILES string of the molecule is Cc1ccccc1C(=O)N1C(C(=O)NCC(C)C)CSC1c1ccc(F)cc1. The molecule has 1 aliphatic rings. The summed E-state index contributed by atoms with van der Waals surface area (Å²) in [5.74, 6) is 0.180. The minimum Gasteiger partial charge on any atom is -0.354 e. The number of nitrogens with zero attached hydrogens (tertiary/aromatic N) is 1. The molecule has 1 fully saturated rings. The summed E-state index contributed by atoms with van der Waals surface area (Å²) in [6, 6.07) is 12.9. The molecular weight excluding hydrogens is 375 g/mol. The van der Waals surface area contributed by atoms with Crippen LogP contribution in [0.2, 0.25) is 0 Å². The molecule has 2 aromatic carbocycles. The van der Waals surface area contributed by atoms with Gasteiger partial charge in [-0.15, -0.1) is 11.8 Å². The van der Waals surface area contributed by atoms with Gasteiger partial charge in [0.1, 0.15) is 17.2 Å². The lowest BCUT2D eigenvalue weighted by Gasteiger charge is -2.30. The molecule has 2 atom stereocenters. The summed E-state index contributed by atoms with van der Waals surface area (Å²) in [6.45, 7) is 6.51. The first-order valence-electron chi connectivity index (χ1n) is 9.41. The average molecular weight is 401 g/mol. The number of amides is 2. The molecule has 2 aromatic rings. The smallest absolute Gasteiger partial charge is 0.256 e. The summed E-state index contributed by atoms with van der Waals surface area (Å²) in [7, 11) is 0. The van der Waals surface area contributed by atoms with Crippen LogP contribution in [-0.4, -0.2) is 35.1 Å². The van der Waals surface area contributed by atoms with Crippen molar-refractivity contribution in [2.45, 2.75) is 32.2 Å². The Morgan fingerprint density at radius 1 is 1.18 bits per heavy atom. The number of carbonyl (C=O) groups excluding carboxylic acids is 2. The number of thioether (sulfide) groups is 1. The minimum absolute atomic E-state index is 0.146. The van der Waals surface area contributed by atoms with Crippen LogP contribution in [0, 0.1) is 18.7 Å². The number of carbonyl (C=O) groups is 2. The van der Waals surface area contributed by atoms with Crippen LogP contribution < -0.4 is 5.32 Å². The van der Waals surface area contributed by atoms with Gasteiger partial charge in [-0.2, -0.15) is 0 Å². The Kier molecular flexibility index (Phi) is 6.39. The lowest BCUT2D eigenvalue weighted by Crippen LogP contribution is -2.48. The molecule has 0 spiro atoms. The van der Waals surface area contributed by atoms with E-state index in [2.05, 4.69) is 5.32 Å². The summed E-state index contributed by atoms with van der Waals surface area (Å²) in [5, 5.41) is 2.62. The van der Waals surface area contributed by atoms with E-state index in [0.717, 1.165) is 11.1 Å². The van der Waals surface area contributed by atoms with E-state index in [-0.39, 0.29) is 23.0 Å². The Morgan fingerprint density at radius 2 is 1.86 bits per heavy atom. The molecule has 0 radical (unpaired) electrons. The Labute approximate surface area is 169 Å². The lowest BCUT2D eigenvalue weighted by atomic mass is 10.1. The van der Waals surface area contributed by atoms with Crippen molar-refractivity contribution in [3.05, 3.63) is 71.0 Å². The van der Waals surface area contributed by atoms with Crippen LogP contribution in [0.3, 0.4) is 0 Å². The van der Waals surface area contributed by atoms with E-state index in [1.165, 1.54) is 23.9 Å². The second-order valence-corrected chi connectivity index (χ2v) is 8.53. The van der Waals surface area contributed by atoms with E-state index in [0.29, 0.717) is 23.8 Å². The van der Waals surface area contributed by atoms with E-state index in [4.69, 9.17) is 0 Å². The van der Waals surface area contributed by atoms with Crippen molar-refractivity contribution in [3.8, 4) is 0 Å². The van der Waals surface area contributed by atoms with Crippen LogP contribution in [-0.2, 0) is 4.79 Å². The number of hydrogen-bond donors (Lipinski definition) is 1. The van der Waals surface area contributed by atoms with Crippen molar-refractivity contribution in [1.82, 2.24) is 10.2 Å². The highest BCUT2D eigenvalue weighted by atomic mass is 32.2. The summed E-state index contributed by atoms with van der Waals surface area (Å²) < 4.78 is 13.4. The maximum Gasteiger partial charge on any atom is 0.256 e. The van der Waals surface area contributed by atoms with Crippen molar-refractivity contribution in [1.29, 1.82) is 0 Å². The van der Waals surface area contributed by atoms with Crippen LogP contribution >= 0.6 is 11.8 Å². The van der Waals surface area contributed by atoms with Crippen molar-refractivity contribution < 1.29 is 14.0 Å². The fourth-order valence-corrected chi connectivity index (χ4v) is 4.64. The first kappa shape index (κ1) is 20.4. The Bertz CT molecular complexity index is 854. The van der Waals surface area contributed by atoms with Crippen molar-refractivity contribution in [2.24, 2.45) is 5.92 Å². The third-order valence-electron chi connectivity index (χ3n) is 4.75. The van der Waals surface area contributed by atoms with E-state index in [1.54, 1.807) is 23.1 Å². The van der Waals surface area contributed by atoms with E-state index < -0.39 is 6.04 Å². The highest BCUT2D eigenvalue weighted by Gasteiger charge is 2.42. The Balaban J connectivity index is 1.94. The normalized spacial score (nSPS) is 19.1. The molecule has 28 heavy (non-hydrogen) atoms. The average Bonchev–Trinajstić information content (AvgIpc) is 3.11. The maximum absolute atomic E-state index is 13.4. The van der Waals surface area contributed by atoms with Gasteiger partial charge < -0.3 is 10.2 Å². The van der Waals surface area contributed by atoms with Crippen molar-refractivity contribution in [2.75, 3.05) is 12.3 Å². The molecule has 0 aliphatic carbocycles. The number of benzene rings is 2. The first-order chi connectivity index (χ1) is 13.4. The first-order valence-corrected chi connectivity index (χ1v) is 10.5. The van der Waals surface area contributed by atoms with Gasteiger partial charge in [-0.25, -0.2) is 4.39 Å². The maximum atomic E-state index is 13.4. The summed E-state index contributed by atoms with van der Waals surface area (Å²) in [4.78, 5) is 27.9. The highest BCUT2D eigenvalue weighted by molar-refractivity contribution is 7.99. The zero-order valence-corrected chi connectivity index (χ0v) is 17.1. The van der Waals surface area contributed by atoms with Gasteiger partial charge in [0, 0.05) is 17.9 Å². The zero-order chi connectivity index (χ0) is 20.3. The Hall–Kier alpha value is -2.34. The lowest BCUT2D eigenvalue weighted by molar-refractivity contribution is -0.125. The van der Waals surface area contributed by atoms with Gasteiger partial charge in [0.15, 0.2) is 0 Å². The number of halogens is 1. The van der Waals surface area contributed by atoms with Gasteiger partial charge in [-0.05, 0) is 42.2 Å². The van der Waals surface area contributed by atoms with Gasteiger partial charge in [0.25, 0.3) is 5.91 Å². The van der Waals surface area contributed by atoms with E-state index >= 15 is 0 Å². The quantitative estimate of drug-likeness (QED) is 0.820. The highest BCUT2D eigenvalue weighted by Crippen LogP contribution is 2.42. The molecule has 1 aliphatic heterocycles. The summed E-state index contributed by atoms with van der Waals surface area (Å²) in [6.07, 6.45) is 0. The molecule has 1 heterocycles. The summed E-state index contributed by atoms with van der Waals surface area (Å²) in [5.41, 5.74) is 2.26. The van der Waals surface area contributed by atoms with Gasteiger partial charge in [-0.3, -0.25) is 9.59 Å². The minimum atomic E-state index is -0.564.